The van der Waals surface area contributed by atoms with Crippen LogP contribution in [-0.4, -0.2) is 56.1 Å². The van der Waals surface area contributed by atoms with Crippen molar-refractivity contribution >= 4 is 28.9 Å². The van der Waals surface area contributed by atoms with Crippen LogP contribution in [0.1, 0.15) is 0 Å². The van der Waals surface area contributed by atoms with Crippen LogP contribution >= 0.6 is 0 Å². The standard InChI is InChI=1S/C20H24N4O3/c25-19(14-21-16-4-2-1-3-5-16)22-17-6-8-18(9-7-17)23-20(26)15-24-10-12-27-13-11-24/h1-9,21H,10-15H2,(H,22,25)(H,23,26). The highest BCUT2D eigenvalue weighted by molar-refractivity contribution is 5.95. The van der Waals surface area contributed by atoms with E-state index in [2.05, 4.69) is 20.9 Å². The fourth-order valence-corrected chi connectivity index (χ4v) is 2.74. The number of para-hydroxylation sites is 1. The predicted molar refractivity (Wildman–Crippen MR) is 106 cm³/mol. The SMILES string of the molecule is O=C(CNc1ccccc1)Nc1ccc(NC(=O)CN2CCOCC2)cc1. The first-order chi connectivity index (χ1) is 13.2. The van der Waals surface area contributed by atoms with Crippen LogP contribution in [0.3, 0.4) is 0 Å². The quantitative estimate of drug-likeness (QED) is 0.696. The van der Waals surface area contributed by atoms with E-state index in [1.807, 2.05) is 30.3 Å². The average Bonchev–Trinajstić information content (AvgIpc) is 2.69. The number of nitrogens with zero attached hydrogens (tertiary/aromatic N) is 1. The lowest BCUT2D eigenvalue weighted by molar-refractivity contribution is -0.118. The fraction of sp³-hybridized carbons (Fsp3) is 0.300. The van der Waals surface area contributed by atoms with E-state index in [4.69, 9.17) is 4.74 Å². The smallest absolute Gasteiger partial charge is 0.243 e. The number of amides is 2. The molecule has 2 amide bonds. The molecule has 7 nitrogen and oxygen atoms in total. The van der Waals surface area contributed by atoms with Gasteiger partial charge in [-0.2, -0.15) is 0 Å². The molecule has 3 N–H and O–H groups in total. The Morgan fingerprint density at radius 3 is 2.04 bits per heavy atom. The van der Waals surface area contributed by atoms with Gasteiger partial charge in [-0.15, -0.1) is 0 Å². The Bertz CT molecular complexity index is 744. The first-order valence-electron chi connectivity index (χ1n) is 8.98. The van der Waals surface area contributed by atoms with E-state index in [1.165, 1.54) is 0 Å². The third-order valence-electron chi connectivity index (χ3n) is 4.15. The number of benzene rings is 2. The minimum Gasteiger partial charge on any atom is -0.379 e. The Morgan fingerprint density at radius 1 is 0.815 bits per heavy atom. The molecule has 0 saturated carbocycles. The van der Waals surface area contributed by atoms with Crippen molar-refractivity contribution in [2.24, 2.45) is 0 Å². The lowest BCUT2D eigenvalue weighted by Gasteiger charge is -2.25. The van der Waals surface area contributed by atoms with Gasteiger partial charge in [-0.3, -0.25) is 14.5 Å². The Kier molecular flexibility index (Phi) is 6.78. The van der Waals surface area contributed by atoms with Crippen molar-refractivity contribution in [3.63, 3.8) is 0 Å². The molecule has 0 aliphatic carbocycles. The number of hydrogen-bond acceptors (Lipinski definition) is 5. The van der Waals surface area contributed by atoms with Crippen molar-refractivity contribution in [2.45, 2.75) is 0 Å². The van der Waals surface area contributed by atoms with Gasteiger partial charge in [-0.25, -0.2) is 0 Å². The second-order valence-corrected chi connectivity index (χ2v) is 6.28. The predicted octanol–water partition coefficient (Wildman–Crippen LogP) is 2.01. The summed E-state index contributed by atoms with van der Waals surface area (Å²) in [5.74, 6) is -0.191. The number of ether oxygens (including phenoxy) is 1. The number of anilines is 3. The van der Waals surface area contributed by atoms with Crippen molar-refractivity contribution in [1.29, 1.82) is 0 Å². The van der Waals surface area contributed by atoms with Crippen LogP contribution in [0.4, 0.5) is 17.1 Å². The van der Waals surface area contributed by atoms with Gasteiger partial charge in [0.05, 0.1) is 26.3 Å². The largest absolute Gasteiger partial charge is 0.379 e. The fourth-order valence-electron chi connectivity index (χ4n) is 2.74. The molecule has 1 fully saturated rings. The average molecular weight is 368 g/mol. The normalized spacial score (nSPS) is 14.4. The van der Waals surface area contributed by atoms with Crippen molar-refractivity contribution < 1.29 is 14.3 Å². The Hall–Kier alpha value is -2.90. The van der Waals surface area contributed by atoms with E-state index >= 15 is 0 Å². The van der Waals surface area contributed by atoms with Crippen molar-refractivity contribution in [3.8, 4) is 0 Å². The third kappa shape index (κ3) is 6.40. The molecular weight excluding hydrogens is 344 g/mol. The van der Waals surface area contributed by atoms with E-state index in [0.29, 0.717) is 31.1 Å². The molecule has 27 heavy (non-hydrogen) atoms. The van der Waals surface area contributed by atoms with Gasteiger partial charge in [0.15, 0.2) is 0 Å². The first-order valence-corrected chi connectivity index (χ1v) is 8.98. The van der Waals surface area contributed by atoms with Gasteiger partial charge in [-0.05, 0) is 36.4 Å². The number of rotatable bonds is 7. The molecule has 0 radical (unpaired) electrons. The maximum Gasteiger partial charge on any atom is 0.243 e. The summed E-state index contributed by atoms with van der Waals surface area (Å²) in [7, 11) is 0. The van der Waals surface area contributed by atoms with Gasteiger partial charge in [-0.1, -0.05) is 18.2 Å². The molecule has 7 heteroatoms. The van der Waals surface area contributed by atoms with Gasteiger partial charge in [0.1, 0.15) is 0 Å². The van der Waals surface area contributed by atoms with Gasteiger partial charge >= 0.3 is 0 Å². The number of morpholine rings is 1. The van der Waals surface area contributed by atoms with Crippen LogP contribution in [-0.2, 0) is 14.3 Å². The van der Waals surface area contributed by atoms with Crippen LogP contribution in [0.5, 0.6) is 0 Å². The Balaban J connectivity index is 1.42. The van der Waals surface area contributed by atoms with Crippen molar-refractivity contribution in [2.75, 3.05) is 55.3 Å². The van der Waals surface area contributed by atoms with Crippen molar-refractivity contribution in [1.82, 2.24) is 4.90 Å². The molecule has 1 aliphatic heterocycles. The molecule has 142 valence electrons. The van der Waals surface area contributed by atoms with Crippen molar-refractivity contribution in [3.05, 3.63) is 54.6 Å². The maximum absolute atomic E-state index is 12.1. The van der Waals surface area contributed by atoms with Gasteiger partial charge in [0.25, 0.3) is 0 Å². The zero-order valence-electron chi connectivity index (χ0n) is 15.1. The summed E-state index contributed by atoms with van der Waals surface area (Å²) in [6, 6.07) is 16.6. The number of carbonyl (C=O) groups is 2. The minimum atomic E-state index is -0.136. The zero-order valence-corrected chi connectivity index (χ0v) is 15.1. The van der Waals surface area contributed by atoms with Gasteiger partial charge in [0.2, 0.25) is 11.8 Å². The molecule has 0 bridgehead atoms. The summed E-state index contributed by atoms with van der Waals surface area (Å²) >= 11 is 0. The molecular formula is C20H24N4O3. The van der Waals surface area contributed by atoms with E-state index in [1.54, 1.807) is 24.3 Å². The Morgan fingerprint density at radius 2 is 1.41 bits per heavy atom. The number of hydrogen-bond donors (Lipinski definition) is 3. The molecule has 1 aliphatic rings. The highest BCUT2D eigenvalue weighted by Gasteiger charge is 2.14. The van der Waals surface area contributed by atoms with Crippen LogP contribution in [0.2, 0.25) is 0 Å². The Labute approximate surface area is 158 Å². The van der Waals surface area contributed by atoms with Gasteiger partial charge < -0.3 is 20.7 Å². The maximum atomic E-state index is 12.1. The van der Waals surface area contributed by atoms with Crippen LogP contribution < -0.4 is 16.0 Å². The zero-order chi connectivity index (χ0) is 18.9. The highest BCUT2D eigenvalue weighted by Crippen LogP contribution is 2.14. The molecule has 0 aromatic heterocycles. The molecule has 3 rings (SSSR count). The van der Waals surface area contributed by atoms with Gasteiger partial charge in [0, 0.05) is 30.2 Å². The summed E-state index contributed by atoms with van der Waals surface area (Å²) in [6.07, 6.45) is 0. The molecule has 0 spiro atoms. The molecule has 1 saturated heterocycles. The van der Waals surface area contributed by atoms with Crippen LogP contribution in [0, 0.1) is 0 Å². The lowest BCUT2D eigenvalue weighted by Crippen LogP contribution is -2.41. The summed E-state index contributed by atoms with van der Waals surface area (Å²) in [6.45, 7) is 3.42. The molecule has 1 heterocycles. The monoisotopic (exact) mass is 368 g/mol. The summed E-state index contributed by atoms with van der Waals surface area (Å²) in [5.41, 5.74) is 2.28. The topological polar surface area (TPSA) is 82.7 Å². The lowest BCUT2D eigenvalue weighted by atomic mass is 10.2. The van der Waals surface area contributed by atoms with E-state index in [-0.39, 0.29) is 18.4 Å². The summed E-state index contributed by atoms with van der Waals surface area (Å²) in [5, 5.41) is 8.75. The van der Waals surface area contributed by atoms with Crippen LogP contribution in [0.15, 0.2) is 54.6 Å². The summed E-state index contributed by atoms with van der Waals surface area (Å²) < 4.78 is 5.27. The molecule has 0 unspecified atom stereocenters. The number of carbonyl (C=O) groups excluding carboxylic acids is 2. The van der Waals surface area contributed by atoms with E-state index in [9.17, 15) is 9.59 Å². The third-order valence-corrected chi connectivity index (χ3v) is 4.15. The van der Waals surface area contributed by atoms with E-state index < -0.39 is 0 Å². The van der Waals surface area contributed by atoms with Crippen LogP contribution in [0.25, 0.3) is 0 Å². The molecule has 2 aromatic carbocycles. The molecule has 0 atom stereocenters. The molecule has 2 aromatic rings. The second-order valence-electron chi connectivity index (χ2n) is 6.28. The second kappa shape index (κ2) is 9.70. The number of nitrogens with one attached hydrogen (secondary N) is 3. The minimum absolute atomic E-state index is 0.0549. The summed E-state index contributed by atoms with van der Waals surface area (Å²) in [4.78, 5) is 26.2. The van der Waals surface area contributed by atoms with E-state index in [0.717, 1.165) is 18.8 Å². The first kappa shape index (κ1) is 18.9. The highest BCUT2D eigenvalue weighted by atomic mass is 16.5.